The number of terminal acetylenes is 1. The molecule has 1 fully saturated rings. The lowest BCUT2D eigenvalue weighted by Gasteiger charge is -2.15. The number of carbonyl (C=O) groups excluding carboxylic acids is 1. The molecule has 1 amide bonds. The maximum Gasteiger partial charge on any atom is 0.242 e. The normalized spacial score (nSPS) is 17.0. The summed E-state index contributed by atoms with van der Waals surface area (Å²) in [5.41, 5.74) is 1.72. The molecule has 2 aromatic carbocycles. The Morgan fingerprint density at radius 3 is 2.65 bits per heavy atom. The fourth-order valence-corrected chi connectivity index (χ4v) is 4.83. The Hall–Kier alpha value is -2.63. The molecular formula is C23H23BrN2O4S. The van der Waals surface area contributed by atoms with Gasteiger partial charge < -0.3 is 14.2 Å². The van der Waals surface area contributed by atoms with Gasteiger partial charge in [0, 0.05) is 7.05 Å². The highest BCUT2D eigenvalue weighted by Crippen LogP contribution is 2.39. The van der Waals surface area contributed by atoms with Gasteiger partial charge in [-0.25, -0.2) is 4.99 Å². The number of amides is 1. The van der Waals surface area contributed by atoms with Gasteiger partial charge in [-0.15, -0.1) is 6.42 Å². The van der Waals surface area contributed by atoms with Gasteiger partial charge in [0.2, 0.25) is 5.91 Å². The van der Waals surface area contributed by atoms with Crippen LogP contribution >= 0.6 is 27.7 Å². The Morgan fingerprint density at radius 1 is 1.26 bits per heavy atom. The molecule has 0 spiro atoms. The Balaban J connectivity index is 1.79. The number of carbonyl (C=O) groups is 1. The van der Waals surface area contributed by atoms with Crippen LogP contribution in [0.1, 0.15) is 12.5 Å². The SMILES string of the molecule is C#CCOc1c(Br)cc(C[C@@H]2SC(=Nc3ccc(OC)cc3)N(C)C2=O)cc1OCC. The van der Waals surface area contributed by atoms with Crippen molar-refractivity contribution in [2.45, 2.75) is 18.6 Å². The lowest BCUT2D eigenvalue weighted by Crippen LogP contribution is -2.28. The molecule has 0 saturated carbocycles. The van der Waals surface area contributed by atoms with Gasteiger partial charge in [-0.3, -0.25) is 9.69 Å². The van der Waals surface area contributed by atoms with Crippen LogP contribution in [0.2, 0.25) is 0 Å². The third kappa shape index (κ3) is 5.54. The second-order valence-electron chi connectivity index (χ2n) is 6.63. The molecule has 3 rings (SSSR count). The van der Waals surface area contributed by atoms with Gasteiger partial charge in [0.05, 0.1) is 29.1 Å². The Morgan fingerprint density at radius 2 is 2.00 bits per heavy atom. The summed E-state index contributed by atoms with van der Waals surface area (Å²) in [5, 5.41) is 0.388. The summed E-state index contributed by atoms with van der Waals surface area (Å²) in [6.07, 6.45) is 5.84. The average Bonchev–Trinajstić information content (AvgIpc) is 3.01. The number of thioether (sulfide) groups is 1. The summed E-state index contributed by atoms with van der Waals surface area (Å²) in [7, 11) is 3.36. The summed E-state index contributed by atoms with van der Waals surface area (Å²) in [4.78, 5) is 19.1. The molecule has 1 aliphatic rings. The van der Waals surface area contributed by atoms with Gasteiger partial charge in [-0.05, 0) is 71.2 Å². The van der Waals surface area contributed by atoms with Crippen molar-refractivity contribution in [3.05, 3.63) is 46.4 Å². The number of benzene rings is 2. The predicted molar refractivity (Wildman–Crippen MR) is 128 cm³/mol. The molecule has 0 bridgehead atoms. The topological polar surface area (TPSA) is 60.4 Å². The average molecular weight is 503 g/mol. The lowest BCUT2D eigenvalue weighted by molar-refractivity contribution is -0.125. The molecule has 0 radical (unpaired) electrons. The molecular weight excluding hydrogens is 480 g/mol. The zero-order chi connectivity index (χ0) is 22.4. The second-order valence-corrected chi connectivity index (χ2v) is 8.66. The Bertz CT molecular complexity index is 1020. The molecule has 8 heteroatoms. The summed E-state index contributed by atoms with van der Waals surface area (Å²) >= 11 is 4.98. The molecule has 162 valence electrons. The van der Waals surface area contributed by atoms with E-state index < -0.39 is 0 Å². The number of nitrogens with zero attached hydrogens (tertiary/aromatic N) is 2. The number of aliphatic imine (C=N–C) groups is 1. The molecule has 0 aromatic heterocycles. The minimum absolute atomic E-state index is 0.0130. The van der Waals surface area contributed by atoms with Crippen molar-refractivity contribution < 1.29 is 19.0 Å². The van der Waals surface area contributed by atoms with E-state index in [1.165, 1.54) is 11.8 Å². The van der Waals surface area contributed by atoms with Crippen molar-refractivity contribution in [2.24, 2.45) is 4.99 Å². The number of hydrogen-bond acceptors (Lipinski definition) is 6. The highest BCUT2D eigenvalue weighted by molar-refractivity contribution is 9.10. The molecule has 0 aliphatic carbocycles. The van der Waals surface area contributed by atoms with Gasteiger partial charge in [0.25, 0.3) is 0 Å². The van der Waals surface area contributed by atoms with Gasteiger partial charge in [-0.2, -0.15) is 0 Å². The molecule has 0 unspecified atom stereocenters. The standard InChI is InChI=1S/C23H23BrN2O4S/c1-5-11-30-21-18(24)12-15(13-19(21)29-6-2)14-20-22(27)26(3)23(31-20)25-16-7-9-17(28-4)10-8-16/h1,7-10,12-13,20H,6,11,14H2,2-4H3/t20-/m0/s1. The van der Waals surface area contributed by atoms with E-state index in [4.69, 9.17) is 20.6 Å². The number of methoxy groups -OCH3 is 1. The fourth-order valence-electron chi connectivity index (χ4n) is 3.03. The van der Waals surface area contributed by atoms with Crippen LogP contribution in [-0.2, 0) is 11.2 Å². The quantitative estimate of drug-likeness (QED) is 0.490. The maximum absolute atomic E-state index is 12.8. The second kappa shape index (κ2) is 10.6. The first-order valence-electron chi connectivity index (χ1n) is 9.65. The summed E-state index contributed by atoms with van der Waals surface area (Å²) in [6, 6.07) is 11.2. The minimum atomic E-state index is -0.277. The summed E-state index contributed by atoms with van der Waals surface area (Å²) in [5.74, 6) is 4.39. The highest BCUT2D eigenvalue weighted by atomic mass is 79.9. The van der Waals surface area contributed by atoms with E-state index in [9.17, 15) is 4.79 Å². The number of amidine groups is 1. The van der Waals surface area contributed by atoms with E-state index in [2.05, 4.69) is 26.8 Å². The zero-order valence-electron chi connectivity index (χ0n) is 17.6. The van der Waals surface area contributed by atoms with Gasteiger partial charge >= 0.3 is 0 Å². The minimum Gasteiger partial charge on any atom is -0.497 e. The van der Waals surface area contributed by atoms with Crippen LogP contribution in [0.15, 0.2) is 45.9 Å². The van der Waals surface area contributed by atoms with Crippen molar-refractivity contribution >= 4 is 44.5 Å². The van der Waals surface area contributed by atoms with Gasteiger partial charge in [-0.1, -0.05) is 17.7 Å². The molecule has 2 aromatic rings. The van der Waals surface area contributed by atoms with Gasteiger partial charge in [0.1, 0.15) is 12.4 Å². The molecule has 1 aliphatic heterocycles. The van der Waals surface area contributed by atoms with Crippen molar-refractivity contribution in [2.75, 3.05) is 27.4 Å². The zero-order valence-corrected chi connectivity index (χ0v) is 20.0. The van der Waals surface area contributed by atoms with Crippen molar-refractivity contribution in [3.8, 4) is 29.6 Å². The Kier molecular flexibility index (Phi) is 7.88. The van der Waals surface area contributed by atoms with Crippen LogP contribution in [0.25, 0.3) is 0 Å². The van der Waals surface area contributed by atoms with E-state index in [1.54, 1.807) is 19.1 Å². The maximum atomic E-state index is 12.8. The van der Waals surface area contributed by atoms with E-state index in [0.29, 0.717) is 29.7 Å². The third-order valence-corrected chi connectivity index (χ3v) is 6.35. The molecule has 31 heavy (non-hydrogen) atoms. The number of ether oxygens (including phenoxy) is 3. The smallest absolute Gasteiger partial charge is 0.242 e. The van der Waals surface area contributed by atoms with E-state index >= 15 is 0 Å². The lowest BCUT2D eigenvalue weighted by atomic mass is 10.1. The summed E-state index contributed by atoms with van der Waals surface area (Å²) < 4.78 is 17.3. The van der Waals surface area contributed by atoms with Crippen molar-refractivity contribution in [1.29, 1.82) is 0 Å². The van der Waals surface area contributed by atoms with Crippen LogP contribution in [0.3, 0.4) is 0 Å². The summed E-state index contributed by atoms with van der Waals surface area (Å²) in [6.45, 7) is 2.53. The first-order chi connectivity index (χ1) is 15.0. The van der Waals surface area contributed by atoms with E-state index in [1.807, 2.05) is 43.3 Å². The van der Waals surface area contributed by atoms with Crippen LogP contribution < -0.4 is 14.2 Å². The van der Waals surface area contributed by atoms with Crippen LogP contribution in [0, 0.1) is 12.3 Å². The van der Waals surface area contributed by atoms with E-state index in [0.717, 1.165) is 21.5 Å². The predicted octanol–water partition coefficient (Wildman–Crippen LogP) is 4.67. The molecule has 6 nitrogen and oxygen atoms in total. The highest BCUT2D eigenvalue weighted by Gasteiger charge is 2.36. The van der Waals surface area contributed by atoms with Crippen LogP contribution in [0.4, 0.5) is 5.69 Å². The van der Waals surface area contributed by atoms with Gasteiger partial charge in [0.15, 0.2) is 16.7 Å². The third-order valence-electron chi connectivity index (χ3n) is 4.53. The van der Waals surface area contributed by atoms with Crippen molar-refractivity contribution in [1.82, 2.24) is 4.90 Å². The molecule has 0 N–H and O–H groups in total. The number of rotatable bonds is 8. The number of halogens is 1. The first-order valence-corrected chi connectivity index (χ1v) is 11.3. The largest absolute Gasteiger partial charge is 0.497 e. The van der Waals surface area contributed by atoms with E-state index in [-0.39, 0.29) is 17.8 Å². The Labute approximate surface area is 195 Å². The monoisotopic (exact) mass is 502 g/mol. The number of hydrogen-bond donors (Lipinski definition) is 0. The molecule has 1 atom stereocenters. The molecule has 1 saturated heterocycles. The fraction of sp³-hybridized carbons (Fsp3) is 0.304. The molecule has 1 heterocycles. The van der Waals surface area contributed by atoms with Crippen LogP contribution in [0.5, 0.6) is 17.2 Å². The first kappa shape index (κ1) is 23.0. The van der Waals surface area contributed by atoms with Crippen molar-refractivity contribution in [3.63, 3.8) is 0 Å². The van der Waals surface area contributed by atoms with Crippen LogP contribution in [-0.4, -0.2) is 48.6 Å².